The third-order valence-electron chi connectivity index (χ3n) is 5.60. The summed E-state index contributed by atoms with van der Waals surface area (Å²) in [6.45, 7) is 5.30. The van der Waals surface area contributed by atoms with Crippen LogP contribution in [0.2, 0.25) is 0 Å². The largest absolute Gasteiger partial charge is 0.508 e. The summed E-state index contributed by atoms with van der Waals surface area (Å²) in [6.07, 6.45) is -0.552. The molecule has 0 aliphatic carbocycles. The SMILES string of the molecule is CC(C)(C)N(C(=O)OCc1ccccc1)[C@H](Cc1ccc(O)cc1)C(=O)OCc1ccc([N+](=O)[O-])cc1. The molecule has 0 fully saturated rings. The summed E-state index contributed by atoms with van der Waals surface area (Å²) < 4.78 is 11.1. The Hall–Kier alpha value is -4.40. The first-order valence-corrected chi connectivity index (χ1v) is 11.7. The Balaban J connectivity index is 1.83. The van der Waals surface area contributed by atoms with Crippen LogP contribution in [0.25, 0.3) is 0 Å². The maximum absolute atomic E-state index is 13.4. The highest BCUT2D eigenvalue weighted by Crippen LogP contribution is 2.24. The Bertz CT molecular complexity index is 1200. The Morgan fingerprint density at radius 3 is 1.97 bits per heavy atom. The van der Waals surface area contributed by atoms with E-state index in [1.807, 2.05) is 30.3 Å². The summed E-state index contributed by atoms with van der Waals surface area (Å²) in [7, 11) is 0. The monoisotopic (exact) mass is 506 g/mol. The van der Waals surface area contributed by atoms with E-state index in [1.165, 1.54) is 41.3 Å². The lowest BCUT2D eigenvalue weighted by Gasteiger charge is -2.39. The van der Waals surface area contributed by atoms with E-state index < -0.39 is 28.6 Å². The number of benzene rings is 3. The van der Waals surface area contributed by atoms with Gasteiger partial charge in [0, 0.05) is 24.1 Å². The molecule has 0 saturated carbocycles. The van der Waals surface area contributed by atoms with Crippen LogP contribution >= 0.6 is 0 Å². The summed E-state index contributed by atoms with van der Waals surface area (Å²) in [4.78, 5) is 38.5. The third-order valence-corrected chi connectivity index (χ3v) is 5.60. The lowest BCUT2D eigenvalue weighted by molar-refractivity contribution is -0.384. The fraction of sp³-hybridized carbons (Fsp3) is 0.286. The van der Waals surface area contributed by atoms with Crippen LogP contribution < -0.4 is 0 Å². The van der Waals surface area contributed by atoms with Crippen molar-refractivity contribution in [1.29, 1.82) is 0 Å². The van der Waals surface area contributed by atoms with Crippen LogP contribution in [0, 0.1) is 10.1 Å². The maximum atomic E-state index is 13.4. The Morgan fingerprint density at radius 2 is 1.41 bits per heavy atom. The van der Waals surface area contributed by atoms with Gasteiger partial charge in [0.15, 0.2) is 0 Å². The van der Waals surface area contributed by atoms with Gasteiger partial charge < -0.3 is 14.6 Å². The molecule has 0 saturated heterocycles. The highest BCUT2D eigenvalue weighted by atomic mass is 16.6. The number of phenolic OH excluding ortho intramolecular Hbond substituents is 1. The first-order valence-electron chi connectivity index (χ1n) is 11.7. The molecule has 0 spiro atoms. The van der Waals surface area contributed by atoms with Crippen molar-refractivity contribution in [2.75, 3.05) is 0 Å². The fourth-order valence-electron chi connectivity index (χ4n) is 3.76. The van der Waals surface area contributed by atoms with E-state index in [-0.39, 0.29) is 31.1 Å². The van der Waals surface area contributed by atoms with Gasteiger partial charge in [-0.05, 0) is 61.7 Å². The minimum Gasteiger partial charge on any atom is -0.508 e. The lowest BCUT2D eigenvalue weighted by Crippen LogP contribution is -2.56. The molecule has 0 aromatic heterocycles. The van der Waals surface area contributed by atoms with Gasteiger partial charge in [-0.1, -0.05) is 42.5 Å². The zero-order valence-electron chi connectivity index (χ0n) is 21.0. The maximum Gasteiger partial charge on any atom is 0.411 e. The Kier molecular flexibility index (Phi) is 8.84. The third kappa shape index (κ3) is 7.79. The molecule has 0 heterocycles. The molecule has 9 nitrogen and oxygen atoms in total. The molecule has 3 aromatic carbocycles. The smallest absolute Gasteiger partial charge is 0.411 e. The normalized spacial score (nSPS) is 11.9. The molecule has 0 unspecified atom stereocenters. The second kappa shape index (κ2) is 12.0. The summed E-state index contributed by atoms with van der Waals surface area (Å²) in [5.41, 5.74) is 1.21. The number of carbonyl (C=O) groups is 2. The van der Waals surface area contributed by atoms with Crippen LogP contribution in [-0.2, 0) is 33.9 Å². The summed E-state index contributed by atoms with van der Waals surface area (Å²) in [5, 5.41) is 20.5. The number of ether oxygens (including phenoxy) is 2. The highest BCUT2D eigenvalue weighted by Gasteiger charge is 2.39. The molecule has 9 heteroatoms. The average Bonchev–Trinajstić information content (AvgIpc) is 2.87. The first kappa shape index (κ1) is 27.2. The number of non-ortho nitro benzene ring substituents is 1. The molecule has 3 rings (SSSR count). The second-order valence-electron chi connectivity index (χ2n) is 9.50. The number of nitrogens with zero attached hydrogens (tertiary/aromatic N) is 2. The summed E-state index contributed by atoms with van der Waals surface area (Å²) >= 11 is 0. The van der Waals surface area contributed by atoms with Crippen LogP contribution in [0.4, 0.5) is 10.5 Å². The molecule has 0 aliphatic heterocycles. The van der Waals surface area contributed by atoms with E-state index in [1.54, 1.807) is 32.9 Å². The molecular weight excluding hydrogens is 476 g/mol. The predicted octanol–water partition coefficient (Wildman–Crippen LogP) is 5.39. The van der Waals surface area contributed by atoms with Crippen molar-refractivity contribution >= 4 is 17.7 Å². The van der Waals surface area contributed by atoms with E-state index in [0.29, 0.717) is 11.1 Å². The van der Waals surface area contributed by atoms with Crippen LogP contribution in [0.5, 0.6) is 5.75 Å². The topological polar surface area (TPSA) is 119 Å². The van der Waals surface area contributed by atoms with Crippen molar-refractivity contribution in [1.82, 2.24) is 4.90 Å². The molecular formula is C28H30N2O7. The van der Waals surface area contributed by atoms with Gasteiger partial charge in [-0.25, -0.2) is 9.59 Å². The van der Waals surface area contributed by atoms with Crippen molar-refractivity contribution in [2.24, 2.45) is 0 Å². The molecule has 1 N–H and O–H groups in total. The van der Waals surface area contributed by atoms with E-state index in [0.717, 1.165) is 5.56 Å². The van der Waals surface area contributed by atoms with E-state index in [4.69, 9.17) is 9.47 Å². The van der Waals surface area contributed by atoms with Crippen molar-refractivity contribution in [3.63, 3.8) is 0 Å². The van der Waals surface area contributed by atoms with E-state index >= 15 is 0 Å². The number of carbonyl (C=O) groups excluding carboxylic acids is 2. The van der Waals surface area contributed by atoms with Crippen molar-refractivity contribution in [2.45, 2.75) is 52.0 Å². The molecule has 3 aromatic rings. The predicted molar refractivity (Wildman–Crippen MR) is 137 cm³/mol. The van der Waals surface area contributed by atoms with Crippen LogP contribution in [0.1, 0.15) is 37.5 Å². The number of amides is 1. The number of nitro groups is 1. The number of nitro benzene ring substituents is 1. The van der Waals surface area contributed by atoms with Crippen LogP contribution in [0.3, 0.4) is 0 Å². The molecule has 0 radical (unpaired) electrons. The van der Waals surface area contributed by atoms with Gasteiger partial charge >= 0.3 is 12.1 Å². The van der Waals surface area contributed by atoms with Gasteiger partial charge in [0.1, 0.15) is 25.0 Å². The van der Waals surface area contributed by atoms with E-state index in [2.05, 4.69) is 0 Å². The number of rotatable bonds is 9. The molecule has 0 bridgehead atoms. The zero-order chi connectivity index (χ0) is 27.0. The lowest BCUT2D eigenvalue weighted by atomic mass is 9.98. The van der Waals surface area contributed by atoms with Gasteiger partial charge in [0.25, 0.3) is 5.69 Å². The quantitative estimate of drug-likeness (QED) is 0.235. The number of esters is 1. The standard InChI is InChI=1S/C28H30N2O7/c1-28(2,3)29(27(33)37-19-21-7-5-4-6-8-21)25(17-20-11-15-24(31)16-12-20)26(32)36-18-22-9-13-23(14-10-22)30(34)35/h4-16,25,31H,17-19H2,1-3H3/t25-/m1/s1. The number of phenols is 1. The second-order valence-corrected chi connectivity index (χ2v) is 9.50. The number of hydrogen-bond acceptors (Lipinski definition) is 7. The number of hydrogen-bond donors (Lipinski definition) is 1. The molecule has 37 heavy (non-hydrogen) atoms. The zero-order valence-corrected chi connectivity index (χ0v) is 21.0. The van der Waals surface area contributed by atoms with Gasteiger partial charge in [-0.2, -0.15) is 0 Å². The molecule has 1 amide bonds. The van der Waals surface area contributed by atoms with Crippen LogP contribution in [0.15, 0.2) is 78.9 Å². The van der Waals surface area contributed by atoms with Gasteiger partial charge in [0.05, 0.1) is 4.92 Å². The highest BCUT2D eigenvalue weighted by molar-refractivity contribution is 5.82. The van der Waals surface area contributed by atoms with Gasteiger partial charge in [0.2, 0.25) is 0 Å². The van der Waals surface area contributed by atoms with Crippen molar-refractivity contribution in [3.8, 4) is 5.75 Å². The summed E-state index contributed by atoms with van der Waals surface area (Å²) in [6, 6.07) is 20.2. The summed E-state index contributed by atoms with van der Waals surface area (Å²) in [5.74, 6) is -0.575. The number of aromatic hydroxyl groups is 1. The average molecular weight is 507 g/mol. The van der Waals surface area contributed by atoms with Gasteiger partial charge in [-0.3, -0.25) is 15.0 Å². The molecule has 0 aliphatic rings. The van der Waals surface area contributed by atoms with Crippen molar-refractivity contribution < 1.29 is 29.1 Å². The molecule has 194 valence electrons. The van der Waals surface area contributed by atoms with E-state index in [9.17, 15) is 24.8 Å². The minimum absolute atomic E-state index is 0.0377. The van der Waals surface area contributed by atoms with Gasteiger partial charge in [-0.15, -0.1) is 0 Å². The Morgan fingerprint density at radius 1 is 0.865 bits per heavy atom. The van der Waals surface area contributed by atoms with Crippen molar-refractivity contribution in [3.05, 3.63) is 106 Å². The minimum atomic E-state index is -1.04. The fourth-order valence-corrected chi connectivity index (χ4v) is 3.76. The Labute approximate surface area is 215 Å². The first-order chi connectivity index (χ1) is 17.5. The molecule has 1 atom stereocenters. The van der Waals surface area contributed by atoms with Crippen LogP contribution in [-0.4, -0.2) is 38.6 Å².